The van der Waals surface area contributed by atoms with Crippen molar-refractivity contribution in [2.24, 2.45) is 0 Å². The molecule has 1 aliphatic heterocycles. The Morgan fingerprint density at radius 3 is 2.68 bits per heavy atom. The predicted molar refractivity (Wildman–Crippen MR) is 113 cm³/mol. The molecule has 144 valence electrons. The van der Waals surface area contributed by atoms with E-state index in [9.17, 15) is 9.59 Å². The van der Waals surface area contributed by atoms with E-state index >= 15 is 0 Å². The maximum atomic E-state index is 12.7. The number of rotatable bonds is 5. The number of benzene rings is 2. The van der Waals surface area contributed by atoms with Crippen molar-refractivity contribution in [1.82, 2.24) is 4.90 Å². The number of thioether (sulfide) groups is 1. The molecule has 0 aliphatic carbocycles. The lowest BCUT2D eigenvalue weighted by atomic mass is 10.1. The fourth-order valence-electron chi connectivity index (χ4n) is 2.89. The zero-order chi connectivity index (χ0) is 20.1. The average Bonchev–Trinajstić information content (AvgIpc) is 3.19. The summed E-state index contributed by atoms with van der Waals surface area (Å²) in [5.41, 5.74) is 1.93. The van der Waals surface area contributed by atoms with Crippen molar-refractivity contribution in [3.8, 4) is 6.07 Å². The van der Waals surface area contributed by atoms with Crippen LogP contribution in [-0.2, 0) is 16.0 Å². The van der Waals surface area contributed by atoms with Crippen LogP contribution in [0.25, 0.3) is 0 Å². The third kappa shape index (κ3) is 4.79. The first-order chi connectivity index (χ1) is 13.5. The van der Waals surface area contributed by atoms with Crippen LogP contribution in [0.3, 0.4) is 0 Å². The van der Waals surface area contributed by atoms with E-state index in [1.807, 2.05) is 12.1 Å². The predicted octanol–water partition coefficient (Wildman–Crippen LogP) is 4.34. The van der Waals surface area contributed by atoms with Gasteiger partial charge >= 0.3 is 0 Å². The molecule has 2 aromatic carbocycles. The summed E-state index contributed by atoms with van der Waals surface area (Å²) in [5.74, 6) is 0.698. The van der Waals surface area contributed by atoms with Crippen molar-refractivity contribution in [2.75, 3.05) is 16.9 Å². The van der Waals surface area contributed by atoms with Gasteiger partial charge in [0.1, 0.15) is 6.04 Å². The summed E-state index contributed by atoms with van der Waals surface area (Å²) >= 11 is 13.7. The second kappa shape index (κ2) is 9.33. The number of halogens is 2. The minimum absolute atomic E-state index is 0.0963. The third-order valence-corrected chi connectivity index (χ3v) is 6.30. The number of hydrogen-bond acceptors (Lipinski definition) is 4. The molecule has 1 atom stereocenters. The van der Waals surface area contributed by atoms with Crippen molar-refractivity contribution in [2.45, 2.75) is 18.9 Å². The molecule has 1 saturated heterocycles. The third-order valence-electron chi connectivity index (χ3n) is 4.43. The highest BCUT2D eigenvalue weighted by molar-refractivity contribution is 7.99. The molecule has 0 radical (unpaired) electrons. The highest BCUT2D eigenvalue weighted by Gasteiger charge is 2.34. The molecule has 3 rings (SSSR count). The maximum Gasteiger partial charge on any atom is 0.248 e. The smallest absolute Gasteiger partial charge is 0.248 e. The van der Waals surface area contributed by atoms with Crippen molar-refractivity contribution in [3.05, 3.63) is 63.6 Å². The van der Waals surface area contributed by atoms with Gasteiger partial charge in [0.25, 0.3) is 0 Å². The molecular formula is C20H17Cl2N3O2S. The summed E-state index contributed by atoms with van der Waals surface area (Å²) in [6.45, 7) is 0. The van der Waals surface area contributed by atoms with Gasteiger partial charge in [-0.25, -0.2) is 0 Å². The summed E-state index contributed by atoms with van der Waals surface area (Å²) in [7, 11) is 0. The van der Waals surface area contributed by atoms with E-state index in [1.165, 1.54) is 0 Å². The minimum Gasteiger partial charge on any atom is -0.324 e. The molecule has 0 spiro atoms. The SMILES string of the molecule is N#Cc1ccc(NC(=O)C2CSCN2C(=O)CCc2cccc(Cl)c2Cl)cc1. The average molecular weight is 434 g/mol. The van der Waals surface area contributed by atoms with E-state index in [0.29, 0.717) is 39.3 Å². The van der Waals surface area contributed by atoms with Gasteiger partial charge in [-0.1, -0.05) is 35.3 Å². The summed E-state index contributed by atoms with van der Waals surface area (Å²) < 4.78 is 0. The van der Waals surface area contributed by atoms with Crippen molar-refractivity contribution < 1.29 is 9.59 Å². The molecule has 0 aromatic heterocycles. The Morgan fingerprint density at radius 1 is 1.21 bits per heavy atom. The molecule has 1 N–H and O–H groups in total. The monoisotopic (exact) mass is 433 g/mol. The molecule has 5 nitrogen and oxygen atoms in total. The number of carbonyl (C=O) groups is 2. The van der Waals surface area contributed by atoms with E-state index in [2.05, 4.69) is 5.32 Å². The Morgan fingerprint density at radius 2 is 1.96 bits per heavy atom. The number of nitrogens with zero attached hydrogens (tertiary/aromatic N) is 2. The number of nitrogens with one attached hydrogen (secondary N) is 1. The number of anilines is 1. The van der Waals surface area contributed by atoms with Gasteiger partial charge in [0.2, 0.25) is 11.8 Å². The van der Waals surface area contributed by atoms with Crippen molar-refractivity contribution in [1.29, 1.82) is 5.26 Å². The largest absolute Gasteiger partial charge is 0.324 e. The van der Waals surface area contributed by atoms with Gasteiger partial charge in [0, 0.05) is 17.9 Å². The topological polar surface area (TPSA) is 73.2 Å². The maximum absolute atomic E-state index is 12.7. The number of carbonyl (C=O) groups excluding carboxylic acids is 2. The molecule has 0 bridgehead atoms. The van der Waals surface area contributed by atoms with E-state index in [0.717, 1.165) is 5.56 Å². The molecule has 1 aliphatic rings. The fourth-order valence-corrected chi connectivity index (χ4v) is 4.48. The first kappa shape index (κ1) is 20.5. The molecule has 8 heteroatoms. The van der Waals surface area contributed by atoms with Gasteiger partial charge in [0.05, 0.1) is 27.6 Å². The lowest BCUT2D eigenvalue weighted by Gasteiger charge is -2.23. The molecule has 1 unspecified atom stereocenters. The van der Waals surface area contributed by atoms with Gasteiger partial charge < -0.3 is 10.2 Å². The first-order valence-electron chi connectivity index (χ1n) is 8.60. The summed E-state index contributed by atoms with van der Waals surface area (Å²) in [6.07, 6.45) is 0.713. The molecule has 1 fully saturated rings. The lowest BCUT2D eigenvalue weighted by Crippen LogP contribution is -2.44. The van der Waals surface area contributed by atoms with Crippen LogP contribution >= 0.6 is 35.0 Å². The Bertz CT molecular complexity index is 928. The minimum atomic E-state index is -0.525. The Balaban J connectivity index is 1.61. The van der Waals surface area contributed by atoms with Crippen LogP contribution in [0.1, 0.15) is 17.5 Å². The van der Waals surface area contributed by atoms with Gasteiger partial charge in [-0.3, -0.25) is 9.59 Å². The molecule has 0 saturated carbocycles. The summed E-state index contributed by atoms with van der Waals surface area (Å²) in [6, 6.07) is 13.5. The van der Waals surface area contributed by atoms with Crippen LogP contribution in [0.5, 0.6) is 0 Å². The molecular weight excluding hydrogens is 417 g/mol. The van der Waals surface area contributed by atoms with Gasteiger partial charge in [-0.2, -0.15) is 5.26 Å². The Hall–Kier alpha value is -2.20. The van der Waals surface area contributed by atoms with Gasteiger partial charge in [0.15, 0.2) is 0 Å². The van der Waals surface area contributed by atoms with Crippen LogP contribution < -0.4 is 5.32 Å². The van der Waals surface area contributed by atoms with E-state index in [4.69, 9.17) is 28.5 Å². The second-order valence-electron chi connectivity index (χ2n) is 6.27. The Labute approximate surface area is 177 Å². The van der Waals surface area contributed by atoms with Crippen molar-refractivity contribution in [3.63, 3.8) is 0 Å². The van der Waals surface area contributed by atoms with Crippen LogP contribution in [0.15, 0.2) is 42.5 Å². The molecule has 1 heterocycles. The van der Waals surface area contributed by atoms with Crippen LogP contribution in [0.2, 0.25) is 10.0 Å². The normalized spacial score (nSPS) is 15.9. The fraction of sp³-hybridized carbons (Fsp3) is 0.250. The van der Waals surface area contributed by atoms with E-state index < -0.39 is 6.04 Å². The molecule has 2 aromatic rings. The molecule has 2 amide bonds. The summed E-state index contributed by atoms with van der Waals surface area (Å²) in [4.78, 5) is 26.9. The van der Waals surface area contributed by atoms with Crippen LogP contribution in [-0.4, -0.2) is 34.4 Å². The molecule has 28 heavy (non-hydrogen) atoms. The van der Waals surface area contributed by atoms with Crippen LogP contribution in [0, 0.1) is 11.3 Å². The highest BCUT2D eigenvalue weighted by atomic mass is 35.5. The van der Waals surface area contributed by atoms with Crippen molar-refractivity contribution >= 4 is 52.5 Å². The number of nitriles is 1. The number of amides is 2. The van der Waals surface area contributed by atoms with Crippen LogP contribution in [0.4, 0.5) is 5.69 Å². The van der Waals surface area contributed by atoms with Gasteiger partial charge in [-0.15, -0.1) is 11.8 Å². The number of aryl methyl sites for hydroxylation is 1. The van der Waals surface area contributed by atoms with E-state index in [1.54, 1.807) is 53.1 Å². The zero-order valence-electron chi connectivity index (χ0n) is 14.8. The zero-order valence-corrected chi connectivity index (χ0v) is 17.2. The highest BCUT2D eigenvalue weighted by Crippen LogP contribution is 2.28. The van der Waals surface area contributed by atoms with E-state index in [-0.39, 0.29) is 18.2 Å². The Kier molecular flexibility index (Phi) is 6.84. The number of hydrogen-bond donors (Lipinski definition) is 1. The lowest BCUT2D eigenvalue weighted by molar-refractivity contribution is -0.136. The first-order valence-corrected chi connectivity index (χ1v) is 10.5. The van der Waals surface area contributed by atoms with Gasteiger partial charge in [-0.05, 0) is 42.3 Å². The second-order valence-corrected chi connectivity index (χ2v) is 8.06. The quantitative estimate of drug-likeness (QED) is 0.760. The standard InChI is InChI=1S/C20H17Cl2N3O2S/c21-16-3-1-2-14(19(16)22)6-9-18(26)25-12-28-11-17(25)20(27)24-15-7-4-13(10-23)5-8-15/h1-5,7-8,17H,6,9,11-12H2,(H,24,27). The summed E-state index contributed by atoms with van der Waals surface area (Å²) in [5, 5.41) is 12.6.